The van der Waals surface area contributed by atoms with Gasteiger partial charge in [-0.05, 0) is 28.1 Å². The van der Waals surface area contributed by atoms with Gasteiger partial charge in [0.05, 0.1) is 0 Å². The highest BCUT2D eigenvalue weighted by atomic mass is 79.9. The van der Waals surface area contributed by atoms with Crippen molar-refractivity contribution in [1.29, 1.82) is 0 Å². The number of benzene rings is 1. The molecule has 0 fully saturated rings. The van der Waals surface area contributed by atoms with Gasteiger partial charge in [0.2, 0.25) is 5.88 Å². The summed E-state index contributed by atoms with van der Waals surface area (Å²) < 4.78 is 6.54. The van der Waals surface area contributed by atoms with E-state index in [-0.39, 0.29) is 0 Å². The minimum absolute atomic E-state index is 0.376. The topological polar surface area (TPSA) is 48.1 Å². The van der Waals surface area contributed by atoms with Gasteiger partial charge in [0.25, 0.3) is 0 Å². The van der Waals surface area contributed by atoms with Crippen LogP contribution in [-0.2, 0) is 13.2 Å². The molecule has 18 heavy (non-hydrogen) atoms. The van der Waals surface area contributed by atoms with Gasteiger partial charge in [0, 0.05) is 33.4 Å². The van der Waals surface area contributed by atoms with E-state index in [1.54, 1.807) is 6.20 Å². The van der Waals surface area contributed by atoms with Crippen LogP contribution in [0.15, 0.2) is 41.0 Å². The van der Waals surface area contributed by atoms with Gasteiger partial charge < -0.3 is 10.5 Å². The van der Waals surface area contributed by atoms with E-state index in [4.69, 9.17) is 22.1 Å². The molecule has 2 rings (SSSR count). The molecule has 0 saturated heterocycles. The van der Waals surface area contributed by atoms with Crippen molar-refractivity contribution < 1.29 is 4.74 Å². The summed E-state index contributed by atoms with van der Waals surface area (Å²) >= 11 is 9.41. The lowest BCUT2D eigenvalue weighted by molar-refractivity contribution is 0.290. The maximum absolute atomic E-state index is 6.06. The minimum atomic E-state index is 0.376. The molecule has 2 aromatic rings. The zero-order valence-corrected chi connectivity index (χ0v) is 11.9. The van der Waals surface area contributed by atoms with Crippen LogP contribution in [-0.4, -0.2) is 4.98 Å². The van der Waals surface area contributed by atoms with Crippen molar-refractivity contribution in [2.24, 2.45) is 5.73 Å². The number of pyridine rings is 1. The average molecular weight is 328 g/mol. The van der Waals surface area contributed by atoms with Crippen LogP contribution in [0.2, 0.25) is 5.02 Å². The number of ether oxygens (including phenoxy) is 1. The van der Waals surface area contributed by atoms with E-state index in [2.05, 4.69) is 20.9 Å². The Labute approximate surface area is 119 Å². The average Bonchev–Trinajstić information content (AvgIpc) is 2.39. The van der Waals surface area contributed by atoms with Gasteiger partial charge in [-0.15, -0.1) is 0 Å². The lowest BCUT2D eigenvalue weighted by Crippen LogP contribution is -2.04. The molecule has 0 radical (unpaired) electrons. The van der Waals surface area contributed by atoms with E-state index < -0.39 is 0 Å². The van der Waals surface area contributed by atoms with Crippen molar-refractivity contribution in [3.05, 3.63) is 57.2 Å². The molecule has 1 heterocycles. The fourth-order valence-electron chi connectivity index (χ4n) is 1.51. The standard InChI is InChI=1S/C13H12BrClN2O/c14-11-5-10(6-16)13(17-7-11)18-8-9-3-1-2-4-12(9)15/h1-5,7H,6,8,16H2. The number of halogens is 2. The highest BCUT2D eigenvalue weighted by Crippen LogP contribution is 2.22. The zero-order chi connectivity index (χ0) is 13.0. The second kappa shape index (κ2) is 6.18. The molecule has 5 heteroatoms. The van der Waals surface area contributed by atoms with E-state index in [0.717, 1.165) is 15.6 Å². The SMILES string of the molecule is NCc1cc(Br)cnc1OCc1ccccc1Cl. The molecule has 1 aromatic heterocycles. The third-order valence-electron chi connectivity index (χ3n) is 2.43. The molecule has 0 aliphatic rings. The van der Waals surface area contributed by atoms with E-state index >= 15 is 0 Å². The van der Waals surface area contributed by atoms with Crippen LogP contribution in [0.3, 0.4) is 0 Å². The summed E-state index contributed by atoms with van der Waals surface area (Å²) in [5, 5.41) is 0.684. The summed E-state index contributed by atoms with van der Waals surface area (Å²) in [5.74, 6) is 0.542. The Balaban J connectivity index is 2.13. The molecule has 0 unspecified atom stereocenters. The number of nitrogens with zero attached hydrogens (tertiary/aromatic N) is 1. The maximum Gasteiger partial charge on any atom is 0.218 e. The number of aromatic nitrogens is 1. The number of hydrogen-bond donors (Lipinski definition) is 1. The fourth-order valence-corrected chi connectivity index (χ4v) is 2.08. The molecule has 1 aromatic carbocycles. The number of nitrogens with two attached hydrogens (primary N) is 1. The van der Waals surface area contributed by atoms with Crippen LogP contribution < -0.4 is 10.5 Å². The van der Waals surface area contributed by atoms with Gasteiger partial charge in [-0.1, -0.05) is 29.8 Å². The largest absolute Gasteiger partial charge is 0.473 e. The molecule has 0 amide bonds. The Kier molecular flexibility index (Phi) is 4.58. The van der Waals surface area contributed by atoms with Crippen LogP contribution in [0.25, 0.3) is 0 Å². The smallest absolute Gasteiger partial charge is 0.218 e. The van der Waals surface area contributed by atoms with Crippen LogP contribution in [0.1, 0.15) is 11.1 Å². The molecule has 0 aliphatic carbocycles. The Morgan fingerprint density at radius 3 is 2.78 bits per heavy atom. The van der Waals surface area contributed by atoms with Crippen LogP contribution in [0.4, 0.5) is 0 Å². The molecule has 0 saturated carbocycles. The van der Waals surface area contributed by atoms with Crippen molar-refractivity contribution >= 4 is 27.5 Å². The van der Waals surface area contributed by atoms with Gasteiger partial charge in [0.1, 0.15) is 6.61 Å². The van der Waals surface area contributed by atoms with E-state index in [9.17, 15) is 0 Å². The first kappa shape index (κ1) is 13.3. The van der Waals surface area contributed by atoms with Crippen molar-refractivity contribution in [3.8, 4) is 5.88 Å². The predicted octanol–water partition coefficient (Wildman–Crippen LogP) is 3.54. The minimum Gasteiger partial charge on any atom is -0.473 e. The van der Waals surface area contributed by atoms with Gasteiger partial charge in [-0.25, -0.2) is 4.98 Å². The molecule has 0 bridgehead atoms. The lowest BCUT2D eigenvalue weighted by Gasteiger charge is -2.10. The summed E-state index contributed by atoms with van der Waals surface area (Å²) in [6, 6.07) is 9.45. The molecule has 2 N–H and O–H groups in total. The van der Waals surface area contributed by atoms with E-state index in [0.29, 0.717) is 24.1 Å². The summed E-state index contributed by atoms with van der Waals surface area (Å²) in [6.45, 7) is 0.756. The molecular formula is C13H12BrClN2O. The summed E-state index contributed by atoms with van der Waals surface area (Å²) in [6.07, 6.45) is 1.68. The Bertz CT molecular complexity index is 548. The molecule has 94 valence electrons. The highest BCUT2D eigenvalue weighted by molar-refractivity contribution is 9.10. The van der Waals surface area contributed by atoms with Gasteiger partial charge >= 0.3 is 0 Å². The van der Waals surface area contributed by atoms with Crippen molar-refractivity contribution in [3.63, 3.8) is 0 Å². The molecule has 0 atom stereocenters. The monoisotopic (exact) mass is 326 g/mol. The zero-order valence-electron chi connectivity index (χ0n) is 9.57. The van der Waals surface area contributed by atoms with Crippen molar-refractivity contribution in [2.75, 3.05) is 0 Å². The lowest BCUT2D eigenvalue weighted by atomic mass is 10.2. The second-order valence-corrected chi connectivity index (χ2v) is 5.02. The van der Waals surface area contributed by atoms with Crippen LogP contribution >= 0.6 is 27.5 Å². The van der Waals surface area contributed by atoms with Crippen LogP contribution in [0.5, 0.6) is 5.88 Å². The first-order valence-corrected chi connectivity index (χ1v) is 6.58. The van der Waals surface area contributed by atoms with E-state index in [1.807, 2.05) is 30.3 Å². The quantitative estimate of drug-likeness (QED) is 0.934. The fraction of sp³-hybridized carbons (Fsp3) is 0.154. The summed E-state index contributed by atoms with van der Waals surface area (Å²) in [7, 11) is 0. The normalized spacial score (nSPS) is 10.4. The van der Waals surface area contributed by atoms with Crippen molar-refractivity contribution in [2.45, 2.75) is 13.2 Å². The summed E-state index contributed by atoms with van der Waals surface area (Å²) in [4.78, 5) is 4.20. The predicted molar refractivity (Wildman–Crippen MR) is 75.6 cm³/mol. The molecular weight excluding hydrogens is 316 g/mol. The van der Waals surface area contributed by atoms with Gasteiger partial charge in [-0.2, -0.15) is 0 Å². The van der Waals surface area contributed by atoms with Crippen molar-refractivity contribution in [1.82, 2.24) is 4.98 Å². The molecule has 0 aliphatic heterocycles. The Hall–Kier alpha value is -1.10. The Morgan fingerprint density at radius 2 is 2.06 bits per heavy atom. The first-order chi connectivity index (χ1) is 8.70. The second-order valence-electron chi connectivity index (χ2n) is 3.70. The summed E-state index contributed by atoms with van der Waals surface area (Å²) in [5.41, 5.74) is 7.43. The highest BCUT2D eigenvalue weighted by Gasteiger charge is 2.06. The number of rotatable bonds is 4. The third-order valence-corrected chi connectivity index (χ3v) is 3.24. The maximum atomic E-state index is 6.06. The molecule has 3 nitrogen and oxygen atoms in total. The Morgan fingerprint density at radius 1 is 1.28 bits per heavy atom. The van der Waals surface area contributed by atoms with E-state index in [1.165, 1.54) is 0 Å². The molecule has 0 spiro atoms. The number of hydrogen-bond acceptors (Lipinski definition) is 3. The van der Waals surface area contributed by atoms with Gasteiger partial charge in [-0.3, -0.25) is 0 Å². The van der Waals surface area contributed by atoms with Gasteiger partial charge in [0.15, 0.2) is 0 Å². The third kappa shape index (κ3) is 3.22. The van der Waals surface area contributed by atoms with Crippen LogP contribution in [0, 0.1) is 0 Å². The first-order valence-electron chi connectivity index (χ1n) is 5.41.